The minimum absolute atomic E-state index is 0.224. The fourth-order valence-electron chi connectivity index (χ4n) is 1.99. The van der Waals surface area contributed by atoms with Gasteiger partial charge in [0.2, 0.25) is 0 Å². The summed E-state index contributed by atoms with van der Waals surface area (Å²) in [5.74, 6) is 0.787. The molecular formula is C14H14N2O3S. The molecule has 1 aliphatic carbocycles. The second kappa shape index (κ2) is 5.20. The third-order valence-electron chi connectivity index (χ3n) is 3.24. The number of amides is 1. The molecule has 0 saturated heterocycles. The predicted octanol–water partition coefficient (Wildman–Crippen LogP) is 2.54. The summed E-state index contributed by atoms with van der Waals surface area (Å²) >= 11 is 0. The highest BCUT2D eigenvalue weighted by molar-refractivity contribution is 7.84. The Kier molecular flexibility index (Phi) is 3.40. The summed E-state index contributed by atoms with van der Waals surface area (Å²) in [5.41, 5.74) is 1.16. The van der Waals surface area contributed by atoms with Gasteiger partial charge in [0.1, 0.15) is 5.56 Å². The molecule has 6 heteroatoms. The van der Waals surface area contributed by atoms with Crippen LogP contribution in [0, 0.1) is 0 Å². The highest BCUT2D eigenvalue weighted by Gasteiger charge is 2.32. The lowest BCUT2D eigenvalue weighted by Crippen LogP contribution is -2.12. The predicted molar refractivity (Wildman–Crippen MR) is 75.2 cm³/mol. The van der Waals surface area contributed by atoms with Crippen LogP contribution in [0.25, 0.3) is 0 Å². The molecule has 1 aromatic heterocycles. The molecule has 5 nitrogen and oxygen atoms in total. The van der Waals surface area contributed by atoms with Crippen LogP contribution in [-0.4, -0.2) is 21.5 Å². The van der Waals surface area contributed by atoms with Gasteiger partial charge in [-0.15, -0.1) is 0 Å². The summed E-state index contributed by atoms with van der Waals surface area (Å²) in [7, 11) is -1.02. The van der Waals surface area contributed by atoms with E-state index < -0.39 is 10.8 Å². The second-order valence-electron chi connectivity index (χ2n) is 4.81. The molecule has 1 aromatic carbocycles. The maximum absolute atomic E-state index is 12.2. The van der Waals surface area contributed by atoms with Gasteiger partial charge < -0.3 is 9.84 Å². The van der Waals surface area contributed by atoms with Gasteiger partial charge in [-0.05, 0) is 37.1 Å². The van der Waals surface area contributed by atoms with Crippen LogP contribution in [0.15, 0.2) is 39.9 Å². The number of rotatable bonds is 4. The van der Waals surface area contributed by atoms with Crippen LogP contribution < -0.4 is 5.32 Å². The van der Waals surface area contributed by atoms with E-state index >= 15 is 0 Å². The summed E-state index contributed by atoms with van der Waals surface area (Å²) in [6.45, 7) is 0. The van der Waals surface area contributed by atoms with E-state index in [-0.39, 0.29) is 5.91 Å². The Morgan fingerprint density at radius 3 is 2.65 bits per heavy atom. The molecule has 20 heavy (non-hydrogen) atoms. The first-order valence-corrected chi connectivity index (χ1v) is 7.90. The molecule has 0 spiro atoms. The van der Waals surface area contributed by atoms with Gasteiger partial charge in [0.15, 0.2) is 5.76 Å². The second-order valence-corrected chi connectivity index (χ2v) is 6.19. The number of carbonyl (C=O) groups excluding carboxylic acids is 1. The van der Waals surface area contributed by atoms with Crippen molar-refractivity contribution >= 4 is 22.4 Å². The first-order valence-electron chi connectivity index (χ1n) is 6.34. The van der Waals surface area contributed by atoms with Crippen LogP contribution in [0.3, 0.4) is 0 Å². The van der Waals surface area contributed by atoms with Gasteiger partial charge in [0.25, 0.3) is 5.91 Å². The van der Waals surface area contributed by atoms with Crippen LogP contribution in [0.1, 0.15) is 34.9 Å². The molecule has 2 aromatic rings. The van der Waals surface area contributed by atoms with E-state index in [0.29, 0.717) is 22.9 Å². The minimum atomic E-state index is -1.02. The molecule has 1 N–H and O–H groups in total. The topological polar surface area (TPSA) is 72.2 Å². The zero-order valence-electron chi connectivity index (χ0n) is 11.0. The van der Waals surface area contributed by atoms with Gasteiger partial charge in [-0.3, -0.25) is 9.00 Å². The van der Waals surface area contributed by atoms with Crippen LogP contribution in [-0.2, 0) is 10.8 Å². The molecule has 1 unspecified atom stereocenters. The first-order chi connectivity index (χ1) is 9.65. The van der Waals surface area contributed by atoms with Gasteiger partial charge in [-0.2, -0.15) is 0 Å². The molecular weight excluding hydrogens is 276 g/mol. The Balaban J connectivity index is 1.75. The first kappa shape index (κ1) is 13.1. The average molecular weight is 290 g/mol. The molecule has 104 valence electrons. The zero-order chi connectivity index (χ0) is 14.1. The van der Waals surface area contributed by atoms with Crippen molar-refractivity contribution in [1.29, 1.82) is 0 Å². The number of nitrogens with one attached hydrogen (secondary N) is 1. The summed E-state index contributed by atoms with van der Waals surface area (Å²) < 4.78 is 16.4. The molecule has 3 rings (SSSR count). The van der Waals surface area contributed by atoms with Crippen LogP contribution in [0.4, 0.5) is 5.69 Å². The van der Waals surface area contributed by atoms with Crippen molar-refractivity contribution < 1.29 is 13.5 Å². The summed E-state index contributed by atoms with van der Waals surface area (Å²) in [6.07, 6.45) is 5.17. The largest absolute Gasteiger partial charge is 0.360 e. The van der Waals surface area contributed by atoms with Gasteiger partial charge in [0, 0.05) is 33.6 Å². The summed E-state index contributed by atoms with van der Waals surface area (Å²) in [6, 6.07) is 6.94. The molecule has 1 aliphatic rings. The smallest absolute Gasteiger partial charge is 0.260 e. The van der Waals surface area contributed by atoms with Crippen molar-refractivity contribution in [3.05, 3.63) is 41.8 Å². The van der Waals surface area contributed by atoms with Gasteiger partial charge in [-0.1, -0.05) is 5.16 Å². The fourth-order valence-corrected chi connectivity index (χ4v) is 2.51. The molecule has 1 fully saturated rings. The quantitative estimate of drug-likeness (QED) is 0.939. The van der Waals surface area contributed by atoms with E-state index in [1.165, 1.54) is 6.20 Å². The summed E-state index contributed by atoms with van der Waals surface area (Å²) in [4.78, 5) is 12.9. The number of hydrogen-bond donors (Lipinski definition) is 1. The third-order valence-corrected chi connectivity index (χ3v) is 4.17. The molecule has 1 amide bonds. The van der Waals surface area contributed by atoms with Crippen molar-refractivity contribution in [3.63, 3.8) is 0 Å². The third kappa shape index (κ3) is 2.65. The van der Waals surface area contributed by atoms with Crippen molar-refractivity contribution in [3.8, 4) is 0 Å². The Bertz CT molecular complexity index is 659. The van der Waals surface area contributed by atoms with E-state index in [9.17, 15) is 9.00 Å². The Labute approximate surface area is 118 Å². The number of hydrogen-bond acceptors (Lipinski definition) is 4. The lowest BCUT2D eigenvalue weighted by molar-refractivity contribution is 0.102. The molecule has 0 radical (unpaired) electrons. The van der Waals surface area contributed by atoms with E-state index in [4.69, 9.17) is 4.52 Å². The standard InChI is InChI=1S/C14H14N2O3S/c1-20(18)11-6-4-10(5-7-11)16-14(17)12-8-15-19-13(12)9-2-3-9/h4-9H,2-3H2,1H3,(H,16,17). The summed E-state index contributed by atoms with van der Waals surface area (Å²) in [5, 5.41) is 6.50. The monoisotopic (exact) mass is 290 g/mol. The van der Waals surface area contributed by atoms with Crippen LogP contribution >= 0.6 is 0 Å². The molecule has 0 aliphatic heterocycles. The van der Waals surface area contributed by atoms with Crippen molar-refractivity contribution in [2.24, 2.45) is 0 Å². The molecule has 1 atom stereocenters. The Morgan fingerprint density at radius 1 is 1.35 bits per heavy atom. The van der Waals surface area contributed by atoms with E-state index in [1.807, 2.05) is 0 Å². The van der Waals surface area contributed by atoms with Crippen LogP contribution in [0.5, 0.6) is 0 Å². The average Bonchev–Trinajstić information content (AvgIpc) is 3.16. The van der Waals surface area contributed by atoms with Crippen molar-refractivity contribution in [1.82, 2.24) is 5.16 Å². The molecule has 0 bridgehead atoms. The van der Waals surface area contributed by atoms with E-state index in [0.717, 1.165) is 17.7 Å². The van der Waals surface area contributed by atoms with Gasteiger partial charge in [0.05, 0.1) is 6.20 Å². The number of aromatic nitrogens is 1. The van der Waals surface area contributed by atoms with Gasteiger partial charge >= 0.3 is 0 Å². The minimum Gasteiger partial charge on any atom is -0.360 e. The van der Waals surface area contributed by atoms with Crippen molar-refractivity contribution in [2.75, 3.05) is 11.6 Å². The normalized spacial score (nSPS) is 15.8. The van der Waals surface area contributed by atoms with E-state index in [1.54, 1.807) is 30.5 Å². The lowest BCUT2D eigenvalue weighted by Gasteiger charge is -2.05. The zero-order valence-corrected chi connectivity index (χ0v) is 11.8. The number of nitrogens with zero attached hydrogens (tertiary/aromatic N) is 1. The molecule has 1 heterocycles. The SMILES string of the molecule is CS(=O)c1ccc(NC(=O)c2cnoc2C2CC2)cc1. The molecule has 1 saturated carbocycles. The maximum atomic E-state index is 12.2. The Hall–Kier alpha value is -1.95. The maximum Gasteiger partial charge on any atom is 0.260 e. The van der Waals surface area contributed by atoms with E-state index in [2.05, 4.69) is 10.5 Å². The van der Waals surface area contributed by atoms with Crippen molar-refractivity contribution in [2.45, 2.75) is 23.7 Å². The highest BCUT2D eigenvalue weighted by Crippen LogP contribution is 2.41. The number of carbonyl (C=O) groups is 1. The van der Waals surface area contributed by atoms with Crippen LogP contribution in [0.2, 0.25) is 0 Å². The number of benzene rings is 1. The van der Waals surface area contributed by atoms with Gasteiger partial charge in [-0.25, -0.2) is 0 Å². The fraction of sp³-hybridized carbons (Fsp3) is 0.286. The lowest BCUT2D eigenvalue weighted by atomic mass is 10.2. The highest BCUT2D eigenvalue weighted by atomic mass is 32.2. The Morgan fingerprint density at radius 2 is 2.05 bits per heavy atom. The number of anilines is 1.